The third kappa shape index (κ3) is 3.10. The fourth-order valence-electron chi connectivity index (χ4n) is 3.80. The fourth-order valence-corrected chi connectivity index (χ4v) is 4.42. The lowest BCUT2D eigenvalue weighted by Gasteiger charge is -2.37. The first kappa shape index (κ1) is 17.1. The maximum atomic E-state index is 11.7. The zero-order valence-electron chi connectivity index (χ0n) is 13.3. The molecule has 0 bridgehead atoms. The lowest BCUT2D eigenvalue weighted by molar-refractivity contribution is -0.115. The van der Waals surface area contributed by atoms with Gasteiger partial charge in [0.2, 0.25) is 0 Å². The first-order chi connectivity index (χ1) is 11.5. The van der Waals surface area contributed by atoms with Crippen LogP contribution in [-0.2, 0) is 11.2 Å². The van der Waals surface area contributed by atoms with E-state index in [4.69, 9.17) is 0 Å². The number of hydrogen-bond acceptors (Lipinski definition) is 4. The molecule has 1 heterocycles. The molecule has 1 fully saturated rings. The average molecular weight is 390 g/mol. The standard InChI is InChI=1S/C19H20BrNO3/c1-2-14-16(17(20)8-12(10-22)19(14)24)9-18-15-4-3-13(23)7-11(15)5-6-21-18/h2,7-8,10,15,18,21,24H,1,3-6,9H2. The predicted octanol–water partition coefficient (Wildman–Crippen LogP) is 3.42. The minimum Gasteiger partial charge on any atom is -0.507 e. The number of hydrogen-bond donors (Lipinski definition) is 2. The SMILES string of the molecule is C=Cc1c(O)c(C=O)cc(Br)c1CC1NCCC2=CC(=O)CCC21. The van der Waals surface area contributed by atoms with Crippen LogP contribution in [0.4, 0.5) is 0 Å². The molecular formula is C19H20BrNO3. The van der Waals surface area contributed by atoms with Crippen LogP contribution in [0.2, 0.25) is 0 Å². The maximum Gasteiger partial charge on any atom is 0.155 e. The van der Waals surface area contributed by atoms with Gasteiger partial charge in [0.1, 0.15) is 5.75 Å². The molecule has 5 heteroatoms. The number of halogens is 1. The van der Waals surface area contributed by atoms with Gasteiger partial charge in [0.05, 0.1) is 5.56 Å². The van der Waals surface area contributed by atoms with Crippen molar-refractivity contribution in [3.05, 3.63) is 45.5 Å². The molecule has 2 aliphatic rings. The number of rotatable bonds is 4. The third-order valence-electron chi connectivity index (χ3n) is 5.01. The summed E-state index contributed by atoms with van der Waals surface area (Å²) in [5, 5.41) is 13.8. The molecule has 4 nitrogen and oxygen atoms in total. The van der Waals surface area contributed by atoms with Gasteiger partial charge in [-0.05, 0) is 49.4 Å². The number of nitrogens with one attached hydrogen (secondary N) is 1. The van der Waals surface area contributed by atoms with Crippen LogP contribution in [0.15, 0.2) is 28.8 Å². The van der Waals surface area contributed by atoms with Crippen LogP contribution in [0.5, 0.6) is 5.75 Å². The highest BCUT2D eigenvalue weighted by Crippen LogP contribution is 2.37. The van der Waals surface area contributed by atoms with E-state index in [-0.39, 0.29) is 23.1 Å². The largest absolute Gasteiger partial charge is 0.507 e. The zero-order chi connectivity index (χ0) is 17.3. The molecule has 2 N–H and O–H groups in total. The van der Waals surface area contributed by atoms with Gasteiger partial charge in [-0.25, -0.2) is 0 Å². The van der Waals surface area contributed by atoms with Crippen molar-refractivity contribution in [1.29, 1.82) is 0 Å². The second kappa shape index (κ2) is 7.03. The Balaban J connectivity index is 1.95. The van der Waals surface area contributed by atoms with E-state index < -0.39 is 0 Å². The highest BCUT2D eigenvalue weighted by Gasteiger charge is 2.32. The summed E-state index contributed by atoms with van der Waals surface area (Å²) in [6.07, 6.45) is 7.12. The van der Waals surface area contributed by atoms with E-state index in [1.807, 2.05) is 6.08 Å². The van der Waals surface area contributed by atoms with Crippen LogP contribution in [0.1, 0.15) is 40.7 Å². The highest BCUT2D eigenvalue weighted by atomic mass is 79.9. The van der Waals surface area contributed by atoms with Crippen LogP contribution >= 0.6 is 15.9 Å². The summed E-state index contributed by atoms with van der Waals surface area (Å²) in [6.45, 7) is 4.63. The predicted molar refractivity (Wildman–Crippen MR) is 97.2 cm³/mol. The van der Waals surface area contributed by atoms with Crippen molar-refractivity contribution in [3.63, 3.8) is 0 Å². The Labute approximate surface area is 149 Å². The van der Waals surface area contributed by atoms with E-state index in [1.54, 1.807) is 12.1 Å². The summed E-state index contributed by atoms with van der Waals surface area (Å²) >= 11 is 3.52. The molecule has 126 valence electrons. The Morgan fingerprint density at radius 3 is 2.92 bits per heavy atom. The summed E-state index contributed by atoms with van der Waals surface area (Å²) in [6, 6.07) is 1.85. The van der Waals surface area contributed by atoms with Gasteiger partial charge in [-0.2, -0.15) is 0 Å². The molecule has 2 atom stereocenters. The topological polar surface area (TPSA) is 66.4 Å². The van der Waals surface area contributed by atoms with Crippen LogP contribution in [0.25, 0.3) is 6.08 Å². The lowest BCUT2D eigenvalue weighted by Crippen LogP contribution is -2.45. The second-order valence-corrected chi connectivity index (χ2v) is 7.21. The number of piperidine rings is 1. The summed E-state index contributed by atoms with van der Waals surface area (Å²) in [4.78, 5) is 22.8. The van der Waals surface area contributed by atoms with Crippen molar-refractivity contribution in [2.24, 2.45) is 5.92 Å². The number of aldehydes is 1. The van der Waals surface area contributed by atoms with Crippen molar-refractivity contribution in [3.8, 4) is 5.75 Å². The van der Waals surface area contributed by atoms with Gasteiger partial charge in [0, 0.05) is 22.5 Å². The van der Waals surface area contributed by atoms with Crippen molar-refractivity contribution >= 4 is 34.1 Å². The highest BCUT2D eigenvalue weighted by molar-refractivity contribution is 9.10. The summed E-state index contributed by atoms with van der Waals surface area (Å²) < 4.78 is 0.794. The van der Waals surface area contributed by atoms with Gasteiger partial charge in [0.25, 0.3) is 0 Å². The number of phenolic OH excluding ortho intramolecular Hbond substituents is 1. The fraction of sp³-hybridized carbons (Fsp3) is 0.368. The number of fused-ring (bicyclic) bond motifs is 1. The van der Waals surface area contributed by atoms with Crippen molar-refractivity contribution in [2.75, 3.05) is 6.54 Å². The number of allylic oxidation sites excluding steroid dienone is 1. The quantitative estimate of drug-likeness (QED) is 0.774. The van der Waals surface area contributed by atoms with E-state index in [1.165, 1.54) is 5.57 Å². The van der Waals surface area contributed by atoms with Crippen LogP contribution < -0.4 is 5.32 Å². The van der Waals surface area contributed by atoms with Gasteiger partial charge >= 0.3 is 0 Å². The number of phenols is 1. The van der Waals surface area contributed by atoms with Crippen molar-refractivity contribution < 1.29 is 14.7 Å². The van der Waals surface area contributed by atoms with Crippen LogP contribution in [0, 0.1) is 5.92 Å². The number of ketones is 1. The molecule has 1 aromatic rings. The van der Waals surface area contributed by atoms with E-state index in [9.17, 15) is 14.7 Å². The third-order valence-corrected chi connectivity index (χ3v) is 5.72. The molecule has 0 aromatic heterocycles. The molecule has 0 saturated carbocycles. The Kier molecular flexibility index (Phi) is 5.01. The van der Waals surface area contributed by atoms with Crippen LogP contribution in [-0.4, -0.2) is 29.8 Å². The number of benzene rings is 1. The summed E-state index contributed by atoms with van der Waals surface area (Å²) in [7, 11) is 0. The Bertz CT molecular complexity index is 739. The minimum atomic E-state index is -0.0244. The van der Waals surface area contributed by atoms with Gasteiger partial charge in [-0.15, -0.1) is 0 Å². The van der Waals surface area contributed by atoms with Gasteiger partial charge in [0.15, 0.2) is 12.1 Å². The molecule has 0 amide bonds. The molecule has 0 radical (unpaired) electrons. The molecular weight excluding hydrogens is 370 g/mol. The molecule has 0 spiro atoms. The first-order valence-corrected chi connectivity index (χ1v) is 8.93. The van der Waals surface area contributed by atoms with Gasteiger partial charge < -0.3 is 10.4 Å². The molecule has 1 aliphatic heterocycles. The second-order valence-electron chi connectivity index (χ2n) is 6.36. The van der Waals surface area contributed by atoms with Crippen molar-refractivity contribution in [2.45, 2.75) is 31.7 Å². The maximum absolute atomic E-state index is 11.7. The normalized spacial score (nSPS) is 23.4. The van der Waals surface area contributed by atoms with Gasteiger partial charge in [-0.3, -0.25) is 9.59 Å². The zero-order valence-corrected chi connectivity index (χ0v) is 14.9. The molecule has 1 saturated heterocycles. The Morgan fingerprint density at radius 1 is 1.42 bits per heavy atom. The number of aromatic hydroxyl groups is 1. The van der Waals surface area contributed by atoms with Crippen LogP contribution in [0.3, 0.4) is 0 Å². The Morgan fingerprint density at radius 2 is 2.21 bits per heavy atom. The van der Waals surface area contributed by atoms with E-state index in [0.717, 1.165) is 29.4 Å². The van der Waals surface area contributed by atoms with E-state index in [0.29, 0.717) is 30.6 Å². The minimum absolute atomic E-state index is 0.0244. The lowest BCUT2D eigenvalue weighted by atomic mass is 9.76. The van der Waals surface area contributed by atoms with Crippen molar-refractivity contribution in [1.82, 2.24) is 5.32 Å². The number of carbonyl (C=O) groups is 2. The van der Waals surface area contributed by atoms with Gasteiger partial charge in [-0.1, -0.05) is 34.2 Å². The number of carbonyl (C=O) groups excluding carboxylic acids is 2. The summed E-state index contributed by atoms with van der Waals surface area (Å²) in [5.74, 6) is 0.542. The molecule has 3 rings (SSSR count). The molecule has 1 aromatic carbocycles. The molecule has 1 aliphatic carbocycles. The van der Waals surface area contributed by atoms with E-state index in [2.05, 4.69) is 27.8 Å². The first-order valence-electron chi connectivity index (χ1n) is 8.13. The Hall–Kier alpha value is -1.72. The molecule has 24 heavy (non-hydrogen) atoms. The monoisotopic (exact) mass is 389 g/mol. The smallest absolute Gasteiger partial charge is 0.155 e. The summed E-state index contributed by atoms with van der Waals surface area (Å²) in [5.41, 5.74) is 3.01. The van der Waals surface area contributed by atoms with E-state index >= 15 is 0 Å². The molecule has 2 unspecified atom stereocenters. The average Bonchev–Trinajstić information content (AvgIpc) is 2.58.